The van der Waals surface area contributed by atoms with Crippen LogP contribution < -0.4 is 10.1 Å². The highest BCUT2D eigenvalue weighted by molar-refractivity contribution is 5.97. The molecule has 222 valence electrons. The molecule has 41 heavy (non-hydrogen) atoms. The van der Waals surface area contributed by atoms with Crippen molar-refractivity contribution in [1.29, 1.82) is 0 Å². The van der Waals surface area contributed by atoms with Gasteiger partial charge in [-0.15, -0.1) is 0 Å². The second-order valence-corrected chi connectivity index (χ2v) is 14.4. The van der Waals surface area contributed by atoms with Crippen LogP contribution in [0.3, 0.4) is 0 Å². The zero-order valence-electron chi connectivity index (χ0n) is 25.5. The topological polar surface area (TPSA) is 69.6 Å². The molecular weight excluding hydrogens is 512 g/mol. The van der Waals surface area contributed by atoms with Crippen molar-refractivity contribution in [3.63, 3.8) is 0 Å². The van der Waals surface area contributed by atoms with Crippen LogP contribution in [-0.4, -0.2) is 35.7 Å². The van der Waals surface area contributed by atoms with Crippen LogP contribution in [0.4, 0.5) is 0 Å². The van der Waals surface area contributed by atoms with Gasteiger partial charge in [0.25, 0.3) is 12.4 Å². The van der Waals surface area contributed by atoms with E-state index < -0.39 is 0 Å². The van der Waals surface area contributed by atoms with Crippen LogP contribution in [0.15, 0.2) is 18.2 Å². The maximum absolute atomic E-state index is 13.8. The molecule has 1 aromatic carbocycles. The molecule has 4 aliphatic rings. The Morgan fingerprint density at radius 2 is 1.78 bits per heavy atom. The molecule has 3 aliphatic carbocycles. The van der Waals surface area contributed by atoms with Gasteiger partial charge in [0, 0.05) is 40.5 Å². The highest BCUT2D eigenvalue weighted by atomic mass is 16.5. The SMILES string of the molecule is Cc1c(C(=O)N[C@H]2CC[C@@H](OC=O)CC2)cc(-c2cc(C(C)(C)C)c3c(c2)C2(CCO3)CC2)n1CC1CCCCC1. The summed E-state index contributed by atoms with van der Waals surface area (Å²) in [5.74, 6) is 1.77. The number of fused-ring (bicyclic) bond motifs is 2. The molecule has 1 spiro atoms. The van der Waals surface area contributed by atoms with E-state index in [0.29, 0.717) is 12.4 Å². The number of hydrogen-bond acceptors (Lipinski definition) is 4. The molecular formula is C35H48N2O4. The summed E-state index contributed by atoms with van der Waals surface area (Å²) in [6.45, 7) is 11.3. The molecule has 6 nitrogen and oxygen atoms in total. The van der Waals surface area contributed by atoms with Gasteiger partial charge < -0.3 is 19.4 Å². The summed E-state index contributed by atoms with van der Waals surface area (Å²) in [5, 5.41) is 3.33. The van der Waals surface area contributed by atoms with E-state index in [9.17, 15) is 9.59 Å². The van der Waals surface area contributed by atoms with Gasteiger partial charge in [0.1, 0.15) is 11.9 Å². The molecule has 2 aromatic rings. The van der Waals surface area contributed by atoms with Crippen LogP contribution in [0, 0.1) is 12.8 Å². The first-order valence-electron chi connectivity index (χ1n) is 16.1. The lowest BCUT2D eigenvalue weighted by Gasteiger charge is -2.33. The summed E-state index contributed by atoms with van der Waals surface area (Å²) in [6, 6.07) is 7.02. The van der Waals surface area contributed by atoms with Gasteiger partial charge >= 0.3 is 0 Å². The van der Waals surface area contributed by atoms with Crippen molar-refractivity contribution < 1.29 is 19.1 Å². The molecule has 1 aromatic heterocycles. The monoisotopic (exact) mass is 560 g/mol. The minimum atomic E-state index is -0.0457. The zero-order chi connectivity index (χ0) is 28.8. The smallest absolute Gasteiger partial charge is 0.293 e. The van der Waals surface area contributed by atoms with E-state index in [1.807, 2.05) is 0 Å². The first-order valence-corrected chi connectivity index (χ1v) is 16.1. The fraction of sp³-hybridized carbons (Fsp3) is 0.657. The molecule has 0 atom stereocenters. The van der Waals surface area contributed by atoms with E-state index >= 15 is 0 Å². The molecule has 1 amide bonds. The van der Waals surface area contributed by atoms with E-state index in [1.54, 1.807) is 0 Å². The van der Waals surface area contributed by atoms with Gasteiger partial charge in [-0.2, -0.15) is 0 Å². The van der Waals surface area contributed by atoms with Crippen molar-refractivity contribution in [2.75, 3.05) is 6.61 Å². The molecule has 3 fully saturated rings. The van der Waals surface area contributed by atoms with Crippen LogP contribution in [-0.2, 0) is 26.9 Å². The van der Waals surface area contributed by atoms with Crippen LogP contribution in [0.25, 0.3) is 11.3 Å². The molecule has 1 N–H and O–H groups in total. The Balaban J connectivity index is 1.37. The zero-order valence-corrected chi connectivity index (χ0v) is 25.5. The predicted octanol–water partition coefficient (Wildman–Crippen LogP) is 7.37. The van der Waals surface area contributed by atoms with Crippen molar-refractivity contribution in [2.24, 2.45) is 5.92 Å². The van der Waals surface area contributed by atoms with Crippen molar-refractivity contribution >= 4 is 12.4 Å². The molecule has 6 rings (SSSR count). The van der Waals surface area contributed by atoms with Crippen molar-refractivity contribution in [3.05, 3.63) is 40.6 Å². The Morgan fingerprint density at radius 3 is 2.44 bits per heavy atom. The first-order chi connectivity index (χ1) is 19.7. The van der Waals surface area contributed by atoms with Gasteiger partial charge in [-0.25, -0.2) is 0 Å². The lowest BCUT2D eigenvalue weighted by atomic mass is 9.79. The highest BCUT2D eigenvalue weighted by Crippen LogP contribution is 2.58. The number of carbonyl (C=O) groups is 2. The standard InChI is InChI=1S/C35H48N2O4/c1-23-28(33(39)36-26-10-12-27(13-11-26)41-22-38)20-31(37(23)21-24-8-6-5-7-9-24)25-18-29(34(2,3)4)32-30(19-25)35(14-15-35)16-17-40-32/h18-20,22,24,26-27H,5-17,21H2,1-4H3,(H,36,39)/t26-,27+. The maximum Gasteiger partial charge on any atom is 0.293 e. The number of rotatable bonds is 7. The molecule has 0 bridgehead atoms. The van der Waals surface area contributed by atoms with E-state index in [2.05, 4.69) is 55.8 Å². The number of nitrogens with zero attached hydrogens (tertiary/aromatic N) is 1. The van der Waals surface area contributed by atoms with Gasteiger partial charge in [-0.05, 0) is 99.8 Å². The largest absolute Gasteiger partial charge is 0.493 e. The fourth-order valence-corrected chi connectivity index (χ4v) is 7.70. The number of amides is 1. The first kappa shape index (κ1) is 28.4. The van der Waals surface area contributed by atoms with Gasteiger partial charge in [-0.3, -0.25) is 9.59 Å². The molecule has 0 saturated heterocycles. The van der Waals surface area contributed by atoms with E-state index in [4.69, 9.17) is 9.47 Å². The summed E-state index contributed by atoms with van der Waals surface area (Å²) >= 11 is 0. The summed E-state index contributed by atoms with van der Waals surface area (Å²) in [7, 11) is 0. The number of benzene rings is 1. The van der Waals surface area contributed by atoms with Gasteiger partial charge in [-0.1, -0.05) is 40.0 Å². The Morgan fingerprint density at radius 1 is 1.05 bits per heavy atom. The molecule has 3 saturated carbocycles. The van der Waals surface area contributed by atoms with E-state index in [-0.39, 0.29) is 28.9 Å². The molecule has 0 unspecified atom stereocenters. The third kappa shape index (κ3) is 5.68. The normalized spacial score (nSPS) is 23.9. The third-order valence-electron chi connectivity index (χ3n) is 10.5. The van der Waals surface area contributed by atoms with Crippen LogP contribution >= 0.6 is 0 Å². The average molecular weight is 561 g/mol. The predicted molar refractivity (Wildman–Crippen MR) is 162 cm³/mol. The molecule has 1 aliphatic heterocycles. The highest BCUT2D eigenvalue weighted by Gasteiger charge is 2.49. The Hall–Kier alpha value is -2.76. The molecule has 0 radical (unpaired) electrons. The maximum atomic E-state index is 13.8. The van der Waals surface area contributed by atoms with Gasteiger partial charge in [0.05, 0.1) is 12.2 Å². The summed E-state index contributed by atoms with van der Waals surface area (Å²) in [6.07, 6.45) is 13.3. The van der Waals surface area contributed by atoms with Crippen molar-refractivity contribution in [2.45, 2.75) is 134 Å². The molecule has 2 heterocycles. The third-order valence-corrected chi connectivity index (χ3v) is 10.5. The van der Waals surface area contributed by atoms with Crippen LogP contribution in [0.1, 0.15) is 125 Å². The fourth-order valence-electron chi connectivity index (χ4n) is 7.70. The lowest BCUT2D eigenvalue weighted by molar-refractivity contribution is -0.135. The molecule has 6 heteroatoms. The van der Waals surface area contributed by atoms with Gasteiger partial charge in [0.2, 0.25) is 0 Å². The average Bonchev–Trinajstić information content (AvgIpc) is 3.65. The van der Waals surface area contributed by atoms with E-state index in [0.717, 1.165) is 68.0 Å². The Kier molecular flexibility index (Phi) is 7.71. The van der Waals surface area contributed by atoms with Gasteiger partial charge in [0.15, 0.2) is 0 Å². The minimum absolute atomic E-state index is 0.0156. The second-order valence-electron chi connectivity index (χ2n) is 14.4. The second kappa shape index (κ2) is 11.1. The van der Waals surface area contributed by atoms with Crippen LogP contribution in [0.2, 0.25) is 0 Å². The van der Waals surface area contributed by atoms with E-state index in [1.165, 1.54) is 61.6 Å². The minimum Gasteiger partial charge on any atom is -0.493 e. The lowest BCUT2D eigenvalue weighted by Crippen LogP contribution is -2.39. The Bertz CT molecular complexity index is 1270. The number of hydrogen-bond donors (Lipinski definition) is 1. The van der Waals surface area contributed by atoms with Crippen molar-refractivity contribution in [1.82, 2.24) is 9.88 Å². The number of ether oxygens (including phenoxy) is 2. The quantitative estimate of drug-likeness (QED) is 0.359. The summed E-state index contributed by atoms with van der Waals surface area (Å²) in [4.78, 5) is 24.5. The Labute approximate surface area is 245 Å². The van der Waals surface area contributed by atoms with Crippen molar-refractivity contribution in [3.8, 4) is 17.0 Å². The van der Waals surface area contributed by atoms with Crippen LogP contribution in [0.5, 0.6) is 5.75 Å². The summed E-state index contributed by atoms with van der Waals surface area (Å²) in [5.41, 5.74) is 7.12. The number of carbonyl (C=O) groups excluding carboxylic acids is 2. The number of aromatic nitrogens is 1. The summed E-state index contributed by atoms with van der Waals surface area (Å²) < 4.78 is 14.0. The number of nitrogens with one attached hydrogen (secondary N) is 1.